The second-order valence-corrected chi connectivity index (χ2v) is 4.10. The van der Waals surface area contributed by atoms with Gasteiger partial charge in [-0.25, -0.2) is 0 Å². The van der Waals surface area contributed by atoms with Gasteiger partial charge in [-0.2, -0.15) is 0 Å². The number of likely N-dealkylation sites (N-methyl/N-ethyl adjacent to an activating group) is 1. The Labute approximate surface area is 85.2 Å². The van der Waals surface area contributed by atoms with Gasteiger partial charge >= 0.3 is 0 Å². The first-order chi connectivity index (χ1) is 6.81. The van der Waals surface area contributed by atoms with Crippen LogP contribution in [0.25, 0.3) is 0 Å². The lowest BCUT2D eigenvalue weighted by Crippen LogP contribution is -2.54. The average Bonchev–Trinajstić information content (AvgIpc) is 2.70. The first-order valence-corrected chi connectivity index (χ1v) is 5.54. The topological polar surface area (TPSA) is 35.6 Å². The first-order valence-electron chi connectivity index (χ1n) is 5.54. The van der Waals surface area contributed by atoms with Crippen molar-refractivity contribution in [2.75, 3.05) is 39.3 Å². The van der Waals surface area contributed by atoms with Crippen molar-refractivity contribution in [1.29, 1.82) is 0 Å². The van der Waals surface area contributed by atoms with Gasteiger partial charge in [0, 0.05) is 25.7 Å². The van der Waals surface area contributed by atoms with E-state index in [1.165, 1.54) is 0 Å². The van der Waals surface area contributed by atoms with Crippen LogP contribution in [0.2, 0.25) is 0 Å². The molecule has 1 amide bonds. The Morgan fingerprint density at radius 1 is 1.50 bits per heavy atom. The second-order valence-electron chi connectivity index (χ2n) is 4.10. The van der Waals surface area contributed by atoms with E-state index in [1.54, 1.807) is 0 Å². The van der Waals surface area contributed by atoms with Crippen LogP contribution in [-0.2, 0) is 4.79 Å². The van der Waals surface area contributed by atoms with Crippen LogP contribution in [0.4, 0.5) is 0 Å². The Kier molecular flexibility index (Phi) is 3.03. The van der Waals surface area contributed by atoms with Crippen LogP contribution < -0.4 is 5.32 Å². The summed E-state index contributed by atoms with van der Waals surface area (Å²) >= 11 is 0. The number of nitrogens with one attached hydrogen (secondary N) is 1. The molecule has 2 aliphatic heterocycles. The minimum atomic E-state index is 0.312. The highest BCUT2D eigenvalue weighted by atomic mass is 16.2. The molecule has 0 bridgehead atoms. The van der Waals surface area contributed by atoms with E-state index in [1.807, 2.05) is 0 Å². The Balaban J connectivity index is 1.91. The summed E-state index contributed by atoms with van der Waals surface area (Å²) in [6, 6.07) is 0.460. The van der Waals surface area contributed by atoms with Crippen LogP contribution in [0.1, 0.15) is 13.3 Å². The van der Waals surface area contributed by atoms with E-state index in [9.17, 15) is 4.79 Å². The van der Waals surface area contributed by atoms with Crippen molar-refractivity contribution in [1.82, 2.24) is 15.1 Å². The predicted octanol–water partition coefficient (Wildman–Crippen LogP) is -0.488. The van der Waals surface area contributed by atoms with Crippen molar-refractivity contribution in [2.24, 2.45) is 0 Å². The van der Waals surface area contributed by atoms with Gasteiger partial charge in [0.05, 0.1) is 6.54 Å². The number of nitrogens with zero attached hydrogens (tertiary/aromatic N) is 2. The molecular formula is C10H19N3O. The molecule has 2 saturated heterocycles. The van der Waals surface area contributed by atoms with E-state index >= 15 is 0 Å². The van der Waals surface area contributed by atoms with Gasteiger partial charge in [0.25, 0.3) is 0 Å². The molecule has 1 N–H and O–H groups in total. The lowest BCUT2D eigenvalue weighted by Gasteiger charge is -2.37. The summed E-state index contributed by atoms with van der Waals surface area (Å²) in [4.78, 5) is 16.1. The molecule has 0 aromatic rings. The molecule has 4 nitrogen and oxygen atoms in total. The van der Waals surface area contributed by atoms with E-state index in [-0.39, 0.29) is 0 Å². The van der Waals surface area contributed by atoms with Crippen LogP contribution in [-0.4, -0.2) is 61.0 Å². The van der Waals surface area contributed by atoms with Gasteiger partial charge in [0.15, 0.2) is 0 Å². The van der Waals surface area contributed by atoms with Gasteiger partial charge < -0.3 is 10.2 Å². The molecule has 2 aliphatic rings. The minimum Gasteiger partial charge on any atom is -0.336 e. The molecule has 0 radical (unpaired) electrons. The summed E-state index contributed by atoms with van der Waals surface area (Å²) in [6.07, 6.45) is 1.12. The Morgan fingerprint density at radius 2 is 2.36 bits per heavy atom. The third-order valence-electron chi connectivity index (χ3n) is 3.26. The van der Waals surface area contributed by atoms with Crippen LogP contribution in [0, 0.1) is 0 Å². The highest BCUT2D eigenvalue weighted by Crippen LogP contribution is 2.12. The van der Waals surface area contributed by atoms with Gasteiger partial charge in [-0.3, -0.25) is 9.69 Å². The van der Waals surface area contributed by atoms with Crippen LogP contribution >= 0.6 is 0 Å². The number of piperazine rings is 1. The third kappa shape index (κ3) is 1.91. The summed E-state index contributed by atoms with van der Waals surface area (Å²) in [7, 11) is 0. The number of amides is 1. The fourth-order valence-corrected chi connectivity index (χ4v) is 2.30. The smallest absolute Gasteiger partial charge is 0.237 e. The van der Waals surface area contributed by atoms with Crippen molar-refractivity contribution in [3.63, 3.8) is 0 Å². The standard InChI is InChI=1S/C10H19N3O/c1-2-12-5-6-13(10(14)8-12)9-3-4-11-7-9/h9,11H,2-8H2,1H3. The molecule has 0 aromatic heterocycles. The molecule has 0 saturated carbocycles. The van der Waals surface area contributed by atoms with Gasteiger partial charge in [-0.05, 0) is 19.5 Å². The highest BCUT2D eigenvalue weighted by molar-refractivity contribution is 5.79. The molecule has 4 heteroatoms. The fourth-order valence-electron chi connectivity index (χ4n) is 2.30. The van der Waals surface area contributed by atoms with Gasteiger partial charge in [0.2, 0.25) is 5.91 Å². The molecule has 80 valence electrons. The van der Waals surface area contributed by atoms with Crippen molar-refractivity contribution in [2.45, 2.75) is 19.4 Å². The quantitative estimate of drug-likeness (QED) is 0.649. The SMILES string of the molecule is CCN1CCN(C2CCNC2)C(=O)C1. The van der Waals surface area contributed by atoms with E-state index in [0.717, 1.165) is 39.1 Å². The summed E-state index contributed by atoms with van der Waals surface area (Å²) in [6.45, 7) is 7.72. The second kappa shape index (κ2) is 4.28. The van der Waals surface area contributed by atoms with Crippen LogP contribution in [0.5, 0.6) is 0 Å². The third-order valence-corrected chi connectivity index (χ3v) is 3.26. The first kappa shape index (κ1) is 9.93. The number of carbonyl (C=O) groups excluding carboxylic acids is 1. The molecule has 2 rings (SSSR count). The van der Waals surface area contributed by atoms with Gasteiger partial charge in [-0.1, -0.05) is 6.92 Å². The molecule has 2 heterocycles. The normalized spacial score (nSPS) is 29.9. The van der Waals surface area contributed by atoms with Crippen LogP contribution in [0.15, 0.2) is 0 Å². The predicted molar refractivity (Wildman–Crippen MR) is 55.1 cm³/mol. The molecular weight excluding hydrogens is 178 g/mol. The summed E-state index contributed by atoms with van der Waals surface area (Å²) in [5.74, 6) is 0.312. The highest BCUT2D eigenvalue weighted by Gasteiger charge is 2.30. The maximum absolute atomic E-state index is 11.8. The number of hydrogen-bond donors (Lipinski definition) is 1. The Hall–Kier alpha value is -0.610. The van der Waals surface area contributed by atoms with Gasteiger partial charge in [0.1, 0.15) is 0 Å². The lowest BCUT2D eigenvalue weighted by molar-refractivity contribution is -0.138. The van der Waals surface area contributed by atoms with E-state index in [0.29, 0.717) is 18.5 Å². The van der Waals surface area contributed by atoms with E-state index in [4.69, 9.17) is 0 Å². The molecule has 1 atom stereocenters. The maximum atomic E-state index is 11.8. The van der Waals surface area contributed by atoms with Crippen molar-refractivity contribution in [3.8, 4) is 0 Å². The number of rotatable bonds is 2. The maximum Gasteiger partial charge on any atom is 0.237 e. The fraction of sp³-hybridized carbons (Fsp3) is 0.900. The monoisotopic (exact) mass is 197 g/mol. The van der Waals surface area contributed by atoms with Crippen molar-refractivity contribution >= 4 is 5.91 Å². The van der Waals surface area contributed by atoms with Gasteiger partial charge in [-0.15, -0.1) is 0 Å². The number of carbonyl (C=O) groups is 1. The Morgan fingerprint density at radius 3 is 2.93 bits per heavy atom. The molecule has 0 aromatic carbocycles. The zero-order valence-electron chi connectivity index (χ0n) is 8.83. The summed E-state index contributed by atoms with van der Waals surface area (Å²) < 4.78 is 0. The lowest BCUT2D eigenvalue weighted by atomic mass is 10.2. The van der Waals surface area contributed by atoms with Crippen LogP contribution in [0.3, 0.4) is 0 Å². The van der Waals surface area contributed by atoms with E-state index in [2.05, 4.69) is 22.0 Å². The summed E-state index contributed by atoms with van der Waals surface area (Å²) in [5.41, 5.74) is 0. The molecule has 14 heavy (non-hydrogen) atoms. The molecule has 0 aliphatic carbocycles. The molecule has 0 spiro atoms. The Bertz CT molecular complexity index is 213. The minimum absolute atomic E-state index is 0.312. The average molecular weight is 197 g/mol. The van der Waals surface area contributed by atoms with E-state index < -0.39 is 0 Å². The molecule has 2 fully saturated rings. The largest absolute Gasteiger partial charge is 0.336 e. The number of hydrogen-bond acceptors (Lipinski definition) is 3. The van der Waals surface area contributed by atoms with Crippen molar-refractivity contribution < 1.29 is 4.79 Å². The zero-order valence-corrected chi connectivity index (χ0v) is 8.83. The molecule has 1 unspecified atom stereocenters. The van der Waals surface area contributed by atoms with Crippen molar-refractivity contribution in [3.05, 3.63) is 0 Å². The zero-order chi connectivity index (χ0) is 9.97. The summed E-state index contributed by atoms with van der Waals surface area (Å²) in [5, 5.41) is 3.31.